The van der Waals surface area contributed by atoms with Crippen LogP contribution in [0.5, 0.6) is 0 Å². The van der Waals surface area contributed by atoms with Gasteiger partial charge < -0.3 is 46.5 Å². The van der Waals surface area contributed by atoms with Crippen LogP contribution in [0.3, 0.4) is 0 Å². The van der Waals surface area contributed by atoms with Crippen LogP contribution >= 0.6 is 0 Å². The van der Waals surface area contributed by atoms with Gasteiger partial charge in [-0.1, -0.05) is 156 Å². The van der Waals surface area contributed by atoms with Gasteiger partial charge in [-0.2, -0.15) is 0 Å². The Balaban J connectivity index is 2.26. The number of ether oxygens (including phenoxy) is 2. The number of aliphatic hydroxyl groups excluding tert-OH is 1. The Morgan fingerprint density at radius 2 is 0.844 bits per heavy atom. The molecule has 0 spiro atoms. The van der Waals surface area contributed by atoms with Gasteiger partial charge in [-0.3, -0.25) is 19.2 Å². The van der Waals surface area contributed by atoms with Gasteiger partial charge in [-0.05, 0) is 60.5 Å². The number of nitrogens with one attached hydrogen (secondary N) is 6. The van der Waals surface area contributed by atoms with Crippen LogP contribution in [0, 0.1) is 23.7 Å². The fourth-order valence-electron chi connectivity index (χ4n) is 7.13. The van der Waals surface area contributed by atoms with E-state index in [2.05, 4.69) is 31.9 Å². The number of carbonyl (C=O) groups excluding carboxylic acids is 6. The van der Waals surface area contributed by atoms with Crippen LogP contribution in [0.1, 0.15) is 132 Å². The summed E-state index contributed by atoms with van der Waals surface area (Å²) in [6, 6.07) is 12.7. The first-order chi connectivity index (χ1) is 30.4. The summed E-state index contributed by atoms with van der Waals surface area (Å²) in [5.41, 5.74) is 1.58. The van der Waals surface area contributed by atoms with E-state index in [1.165, 1.54) is 0 Å². The Bertz CT molecular complexity index is 1590. The maximum absolute atomic E-state index is 14.2. The molecule has 0 saturated carbocycles. The lowest BCUT2D eigenvalue weighted by atomic mass is 9.93. The number of benzene rings is 2. The zero-order valence-corrected chi connectivity index (χ0v) is 39.9. The van der Waals surface area contributed by atoms with Crippen LogP contribution in [0.15, 0.2) is 60.7 Å². The van der Waals surface area contributed by atoms with Gasteiger partial charge in [0.25, 0.3) is 0 Å². The molecule has 15 heteroatoms. The summed E-state index contributed by atoms with van der Waals surface area (Å²) in [7, 11) is 0. The summed E-state index contributed by atoms with van der Waals surface area (Å²) in [6.07, 6.45) is 1.43. The third kappa shape index (κ3) is 20.5. The lowest BCUT2D eigenvalue weighted by molar-refractivity contribution is -0.132. The molecule has 0 aliphatic heterocycles. The van der Waals surface area contributed by atoms with Crippen LogP contribution in [0.25, 0.3) is 0 Å². The van der Waals surface area contributed by atoms with Gasteiger partial charge in [0.05, 0.1) is 18.2 Å². The molecule has 0 radical (unpaired) electrons. The first kappa shape index (κ1) is 55.0. The molecular weight excluding hydrogens is 817 g/mol. The lowest BCUT2D eigenvalue weighted by Gasteiger charge is -2.34. The van der Waals surface area contributed by atoms with E-state index in [9.17, 15) is 33.9 Å². The summed E-state index contributed by atoms with van der Waals surface area (Å²) in [4.78, 5) is 81.4. The van der Waals surface area contributed by atoms with Crippen LogP contribution < -0.4 is 31.9 Å². The molecule has 2 rings (SSSR count). The van der Waals surface area contributed by atoms with E-state index in [0.717, 1.165) is 24.0 Å². The Kier molecular flexibility index (Phi) is 25.2. The molecule has 2 aromatic rings. The van der Waals surface area contributed by atoms with Crippen molar-refractivity contribution in [2.24, 2.45) is 23.7 Å². The molecular formula is C49H78N6O9. The van der Waals surface area contributed by atoms with E-state index in [0.29, 0.717) is 25.7 Å². The fraction of sp³-hybridized carbons (Fsp3) is 0.633. The quantitative estimate of drug-likeness (QED) is 0.0486. The summed E-state index contributed by atoms with van der Waals surface area (Å²) < 4.78 is 10.7. The maximum atomic E-state index is 14.2. The highest BCUT2D eigenvalue weighted by molar-refractivity contribution is 5.92. The minimum atomic E-state index is -1.23. The van der Waals surface area contributed by atoms with Gasteiger partial charge in [0.15, 0.2) is 0 Å². The molecule has 0 saturated heterocycles. The minimum Gasteiger partial charge on any atom is -0.445 e. The van der Waals surface area contributed by atoms with E-state index >= 15 is 0 Å². The van der Waals surface area contributed by atoms with Gasteiger partial charge in [-0.15, -0.1) is 0 Å². The van der Waals surface area contributed by atoms with Crippen molar-refractivity contribution in [2.75, 3.05) is 0 Å². The molecule has 358 valence electrons. The van der Waals surface area contributed by atoms with Crippen molar-refractivity contribution < 1.29 is 43.3 Å². The van der Waals surface area contributed by atoms with Crippen LogP contribution in [-0.2, 0) is 41.9 Å². The molecule has 7 N–H and O–H groups in total. The first-order valence-electron chi connectivity index (χ1n) is 23.2. The average molecular weight is 895 g/mol. The number of hydrogen-bond acceptors (Lipinski definition) is 9. The van der Waals surface area contributed by atoms with Gasteiger partial charge in [0.2, 0.25) is 23.6 Å². The highest BCUT2D eigenvalue weighted by Gasteiger charge is 2.36. The van der Waals surface area contributed by atoms with Crippen LogP contribution in [-0.4, -0.2) is 83.3 Å². The molecule has 2 aromatic carbocycles. The Labute approximate surface area is 381 Å². The monoisotopic (exact) mass is 895 g/mol. The third-order valence-corrected chi connectivity index (χ3v) is 10.8. The molecule has 0 aliphatic carbocycles. The van der Waals surface area contributed by atoms with Gasteiger partial charge in [0.1, 0.15) is 37.4 Å². The largest absolute Gasteiger partial charge is 0.445 e. The Hall–Kier alpha value is -5.18. The molecule has 6 atom stereocenters. The van der Waals surface area contributed by atoms with Gasteiger partial charge >= 0.3 is 12.2 Å². The minimum absolute atomic E-state index is 0.00789. The molecule has 0 fully saturated rings. The van der Waals surface area contributed by atoms with E-state index in [-0.39, 0.29) is 49.7 Å². The smallest absolute Gasteiger partial charge is 0.408 e. The second-order valence-corrected chi connectivity index (χ2v) is 18.2. The second-order valence-electron chi connectivity index (χ2n) is 18.2. The highest BCUT2D eigenvalue weighted by Crippen LogP contribution is 2.17. The number of carbonyl (C=O) groups is 6. The van der Waals surface area contributed by atoms with Crippen LogP contribution in [0.4, 0.5) is 9.59 Å². The standard InChI is InChI=1S/C49H78N6O9/c1-11-13-25-37(50-44(57)39(27-31(3)4)52-46(59)41(33(7)8)54-48(61)63-29-35-21-17-15-18-22-35)43(56)38(26-14-12-2)51-45(58)40(28-32(5)6)53-47(60)42(34(9)10)55-49(62)64-30-36-23-19-16-20-24-36/h15-24,31-34,37-43,56H,11-14,25-30H2,1-10H3,(H,50,57)(H,51,58)(H,52,59)(H,53,60)(H,54,61)(H,55,62)/t37?,38?,39-,40-,41-,42-,43?/m0/s1. The molecule has 6 amide bonds. The Morgan fingerprint density at radius 3 is 1.14 bits per heavy atom. The van der Waals surface area contributed by atoms with Crippen LogP contribution in [0.2, 0.25) is 0 Å². The van der Waals surface area contributed by atoms with Crippen molar-refractivity contribution in [3.63, 3.8) is 0 Å². The molecule has 2 unspecified atom stereocenters. The van der Waals surface area contributed by atoms with E-state index in [4.69, 9.17) is 9.47 Å². The number of amides is 6. The van der Waals surface area contributed by atoms with Crippen molar-refractivity contribution in [1.82, 2.24) is 31.9 Å². The summed E-state index contributed by atoms with van der Waals surface area (Å²) in [6.45, 7) is 18.9. The zero-order valence-electron chi connectivity index (χ0n) is 39.9. The SMILES string of the molecule is CCCCC(NC(=O)[C@H](CC(C)C)NC(=O)[C@@H](NC(=O)OCc1ccccc1)C(C)C)C(O)C(CCCC)NC(=O)[C@H](CC(C)C)NC(=O)[C@@H](NC(=O)OCc1ccccc1)C(C)C. The van der Waals surface area contributed by atoms with Gasteiger partial charge in [0, 0.05) is 0 Å². The molecule has 64 heavy (non-hydrogen) atoms. The Morgan fingerprint density at radius 1 is 0.500 bits per heavy atom. The molecule has 15 nitrogen and oxygen atoms in total. The van der Waals surface area contributed by atoms with E-state index in [1.54, 1.807) is 27.7 Å². The topological polar surface area (TPSA) is 213 Å². The van der Waals surface area contributed by atoms with Crippen molar-refractivity contribution in [3.05, 3.63) is 71.8 Å². The summed E-state index contributed by atoms with van der Waals surface area (Å²) in [5.74, 6) is -2.81. The van der Waals surface area contributed by atoms with Crippen molar-refractivity contribution in [2.45, 2.75) is 176 Å². The van der Waals surface area contributed by atoms with Crippen molar-refractivity contribution in [3.8, 4) is 0 Å². The summed E-state index contributed by atoms with van der Waals surface area (Å²) >= 11 is 0. The summed E-state index contributed by atoms with van der Waals surface area (Å²) in [5, 5.41) is 29.1. The van der Waals surface area contributed by atoms with E-state index < -0.39 is 78.2 Å². The third-order valence-electron chi connectivity index (χ3n) is 10.8. The predicted molar refractivity (Wildman–Crippen MR) is 248 cm³/mol. The lowest BCUT2D eigenvalue weighted by Crippen LogP contribution is -2.61. The fourth-order valence-corrected chi connectivity index (χ4v) is 7.13. The molecule has 0 heterocycles. The first-order valence-corrected chi connectivity index (χ1v) is 23.2. The average Bonchev–Trinajstić information content (AvgIpc) is 3.25. The molecule has 0 bridgehead atoms. The van der Waals surface area contributed by atoms with E-state index in [1.807, 2.05) is 102 Å². The van der Waals surface area contributed by atoms with Crippen molar-refractivity contribution in [1.29, 1.82) is 0 Å². The number of unbranched alkanes of at least 4 members (excludes halogenated alkanes) is 2. The number of alkyl carbamates (subject to hydrolysis) is 2. The zero-order chi connectivity index (χ0) is 47.8. The number of rotatable bonds is 28. The normalized spacial score (nSPS) is 14.7. The van der Waals surface area contributed by atoms with Gasteiger partial charge in [-0.25, -0.2) is 9.59 Å². The van der Waals surface area contributed by atoms with Crippen molar-refractivity contribution >= 4 is 35.8 Å². The molecule has 0 aliphatic rings. The number of hydrogen-bond donors (Lipinski definition) is 7. The second kappa shape index (κ2) is 29.3. The molecule has 0 aromatic heterocycles. The maximum Gasteiger partial charge on any atom is 0.408 e. The number of aliphatic hydroxyl groups is 1. The predicted octanol–water partition coefficient (Wildman–Crippen LogP) is 6.66. The highest BCUT2D eigenvalue weighted by atomic mass is 16.6.